The maximum absolute atomic E-state index is 12.5. The zero-order chi connectivity index (χ0) is 12.1. The molecule has 0 fully saturated rings. The maximum Gasteiger partial charge on any atom is 0.509 e. The number of halogens is 3. The number of aromatic nitrogens is 2. The minimum absolute atomic E-state index is 0.296. The molecule has 1 aromatic carbocycles. The number of imidazole rings is 1. The van der Waals surface area contributed by atoms with Gasteiger partial charge in [0, 0.05) is 14.1 Å². The van der Waals surface area contributed by atoms with E-state index >= 15 is 0 Å². The molecule has 2 rings (SSSR count). The zero-order valence-electron chi connectivity index (χ0n) is 8.75. The molecule has 0 aliphatic carbocycles. The van der Waals surface area contributed by atoms with E-state index < -0.39 is 12.4 Å². The number of hydrogen-bond donors (Lipinski definition) is 0. The van der Waals surface area contributed by atoms with Gasteiger partial charge in [0.15, 0.2) is 0 Å². The van der Waals surface area contributed by atoms with Crippen LogP contribution in [-0.2, 0) is 14.1 Å². The number of nitrogens with zero attached hydrogens (tertiary/aromatic N) is 2. The van der Waals surface area contributed by atoms with Crippen LogP contribution in [0.5, 0.6) is 0 Å². The minimum atomic E-state index is -5.03. The minimum Gasteiger partial charge on any atom is -0.445 e. The third-order valence-electron chi connectivity index (χ3n) is 2.67. The van der Waals surface area contributed by atoms with Crippen molar-refractivity contribution in [3.8, 4) is 0 Å². The molecule has 0 saturated carbocycles. The summed E-state index contributed by atoms with van der Waals surface area (Å²) >= 11 is 0. The Bertz CT molecular complexity index is 611. The van der Waals surface area contributed by atoms with Gasteiger partial charge < -0.3 is 12.9 Å². The number of aryl methyl sites for hydroxylation is 2. The third-order valence-corrected chi connectivity index (χ3v) is 2.67. The summed E-state index contributed by atoms with van der Waals surface area (Å²) in [6, 6.07) is 3.33. The van der Waals surface area contributed by atoms with E-state index in [2.05, 4.69) is 0 Å². The molecule has 0 saturated heterocycles. The van der Waals surface area contributed by atoms with E-state index in [9.17, 15) is 17.7 Å². The normalized spacial score (nSPS) is 12.3. The summed E-state index contributed by atoms with van der Waals surface area (Å²) in [5.74, 6) is 0. The molecule has 1 heterocycles. The number of hydrogen-bond acceptors (Lipinski definition) is 1. The van der Waals surface area contributed by atoms with Crippen LogP contribution >= 0.6 is 0 Å². The smallest absolute Gasteiger partial charge is 0.445 e. The molecule has 0 aliphatic heterocycles. The van der Waals surface area contributed by atoms with E-state index in [0.717, 1.165) is 12.1 Å². The topological polar surface area (TPSA) is 26.9 Å². The first-order valence-corrected chi connectivity index (χ1v) is 4.67. The second kappa shape index (κ2) is 3.17. The van der Waals surface area contributed by atoms with E-state index in [1.54, 1.807) is 0 Å². The van der Waals surface area contributed by atoms with Crippen molar-refractivity contribution in [3.05, 3.63) is 28.7 Å². The van der Waals surface area contributed by atoms with Crippen molar-refractivity contribution in [2.45, 2.75) is 0 Å². The maximum atomic E-state index is 12.5. The molecule has 0 amide bonds. The molecule has 86 valence electrons. The lowest BCUT2D eigenvalue weighted by molar-refractivity contribution is 0.501. The Morgan fingerprint density at radius 1 is 1.06 bits per heavy atom. The van der Waals surface area contributed by atoms with Gasteiger partial charge in [-0.1, -0.05) is 12.1 Å². The summed E-state index contributed by atoms with van der Waals surface area (Å²) in [6.07, 6.45) is 0. The summed E-state index contributed by atoms with van der Waals surface area (Å²) in [4.78, 5) is 11.5. The van der Waals surface area contributed by atoms with Gasteiger partial charge >= 0.3 is 12.7 Å². The number of benzene rings is 1. The fraction of sp³-hybridized carbons (Fsp3) is 0.222. The summed E-state index contributed by atoms with van der Waals surface area (Å²) in [5.41, 5.74) is -0.226. The fourth-order valence-electron chi connectivity index (χ4n) is 1.73. The highest BCUT2D eigenvalue weighted by Gasteiger charge is 2.26. The van der Waals surface area contributed by atoms with Crippen molar-refractivity contribution in [2.75, 3.05) is 0 Å². The molecular weight excluding hydrogens is 220 g/mol. The Morgan fingerprint density at radius 2 is 1.62 bits per heavy atom. The lowest BCUT2D eigenvalue weighted by Gasteiger charge is -2.14. The molecule has 16 heavy (non-hydrogen) atoms. The van der Waals surface area contributed by atoms with Crippen LogP contribution < -0.4 is 11.2 Å². The lowest BCUT2D eigenvalue weighted by Crippen LogP contribution is -2.33. The van der Waals surface area contributed by atoms with Crippen LogP contribution in [0.4, 0.5) is 12.9 Å². The van der Waals surface area contributed by atoms with Crippen LogP contribution in [0, 0.1) is 0 Å². The van der Waals surface area contributed by atoms with Crippen LogP contribution in [0.25, 0.3) is 11.0 Å². The van der Waals surface area contributed by atoms with Crippen LogP contribution in [0.2, 0.25) is 0 Å². The molecule has 1 aromatic heterocycles. The molecule has 3 nitrogen and oxygen atoms in total. The summed E-state index contributed by atoms with van der Waals surface area (Å²) < 4.78 is 40.1. The zero-order valence-corrected chi connectivity index (χ0v) is 8.75. The van der Waals surface area contributed by atoms with E-state index in [4.69, 9.17) is 0 Å². The molecule has 0 atom stereocenters. The highest BCUT2D eigenvalue weighted by molar-refractivity contribution is 6.73. The van der Waals surface area contributed by atoms with E-state index in [1.165, 1.54) is 29.3 Å². The molecule has 0 N–H and O–H groups in total. The predicted octanol–water partition coefficient (Wildman–Crippen LogP) is 0.931. The summed E-state index contributed by atoms with van der Waals surface area (Å²) in [7, 11) is 2.99. The predicted molar refractivity (Wildman–Crippen MR) is 56.9 cm³/mol. The van der Waals surface area contributed by atoms with Crippen molar-refractivity contribution in [2.24, 2.45) is 14.1 Å². The van der Waals surface area contributed by atoms with Gasteiger partial charge in [0.1, 0.15) is 0 Å². The average Bonchev–Trinajstić information content (AvgIpc) is 2.43. The Labute approximate surface area is 89.2 Å². The highest BCUT2D eigenvalue weighted by atomic mass is 19.4. The monoisotopic (exact) mass is 229 g/mol. The molecule has 0 unspecified atom stereocenters. The fourth-order valence-corrected chi connectivity index (χ4v) is 1.73. The molecule has 7 heteroatoms. The third kappa shape index (κ3) is 1.43. The van der Waals surface area contributed by atoms with Crippen molar-refractivity contribution >= 4 is 23.5 Å². The Hall–Kier alpha value is -1.66. The second-order valence-corrected chi connectivity index (χ2v) is 3.72. The van der Waals surface area contributed by atoms with Crippen molar-refractivity contribution in [1.29, 1.82) is 0 Å². The van der Waals surface area contributed by atoms with Gasteiger partial charge in [-0.2, -0.15) is 0 Å². The largest absolute Gasteiger partial charge is 0.509 e. The quantitative estimate of drug-likeness (QED) is 0.668. The van der Waals surface area contributed by atoms with Crippen molar-refractivity contribution in [3.63, 3.8) is 0 Å². The van der Waals surface area contributed by atoms with Gasteiger partial charge in [0.2, 0.25) is 0 Å². The summed E-state index contributed by atoms with van der Waals surface area (Å²) in [5, 5.41) is 0. The molecule has 0 aliphatic rings. The van der Waals surface area contributed by atoms with E-state index in [-0.39, 0.29) is 5.69 Å². The number of rotatable bonds is 1. The van der Waals surface area contributed by atoms with Gasteiger partial charge in [-0.3, -0.25) is 9.13 Å². The van der Waals surface area contributed by atoms with Crippen LogP contribution in [0.3, 0.4) is 0 Å². The summed E-state index contributed by atoms with van der Waals surface area (Å²) in [6.45, 7) is -5.03. The van der Waals surface area contributed by atoms with Gasteiger partial charge in [0.05, 0.1) is 11.0 Å². The molecule has 0 spiro atoms. The van der Waals surface area contributed by atoms with Crippen LogP contribution in [0.15, 0.2) is 23.0 Å². The van der Waals surface area contributed by atoms with Gasteiger partial charge in [-0.25, -0.2) is 4.79 Å². The average molecular weight is 229 g/mol. The molecule has 2 aromatic rings. The Kier molecular flexibility index (Phi) is 2.15. The Morgan fingerprint density at radius 3 is 2.19 bits per heavy atom. The Balaban J connectivity index is 2.82. The second-order valence-electron chi connectivity index (χ2n) is 3.72. The van der Waals surface area contributed by atoms with Gasteiger partial charge in [0.25, 0.3) is 0 Å². The number of fused-ring (bicyclic) bond motifs is 1. The van der Waals surface area contributed by atoms with Crippen LogP contribution in [0.1, 0.15) is 0 Å². The van der Waals surface area contributed by atoms with Crippen LogP contribution in [-0.4, -0.2) is 16.1 Å². The first-order chi connectivity index (χ1) is 7.32. The lowest BCUT2D eigenvalue weighted by atomic mass is 9.80. The van der Waals surface area contributed by atoms with E-state index in [0.29, 0.717) is 11.0 Å². The van der Waals surface area contributed by atoms with Crippen molar-refractivity contribution < 1.29 is 12.9 Å². The van der Waals surface area contributed by atoms with Crippen molar-refractivity contribution in [1.82, 2.24) is 9.13 Å². The van der Waals surface area contributed by atoms with Gasteiger partial charge in [-0.15, -0.1) is 5.46 Å². The highest BCUT2D eigenvalue weighted by Crippen LogP contribution is 2.14. The van der Waals surface area contributed by atoms with Gasteiger partial charge in [-0.05, 0) is 6.07 Å². The first-order valence-electron chi connectivity index (χ1n) is 4.67. The first kappa shape index (κ1) is 10.8. The molecular formula is C9H9BF3N2O-. The molecule has 0 radical (unpaired) electrons. The molecule has 0 bridgehead atoms. The SMILES string of the molecule is Cn1c(=O)n(C)c2cc([B-](F)(F)F)ccc21. The standard InChI is InChI=1S/C9H9BF3N2O/c1-14-7-4-3-6(10(11,12)13)5-8(7)15(2)9(14)16/h3-5H,1-2H3/q-1. The van der Waals surface area contributed by atoms with E-state index in [1.807, 2.05) is 0 Å².